The minimum atomic E-state index is -1.60. The Kier molecular flexibility index (Phi) is 5.05. The van der Waals surface area contributed by atoms with E-state index in [1.54, 1.807) is 0 Å². The third-order valence-electron chi connectivity index (χ3n) is 3.01. The van der Waals surface area contributed by atoms with Gasteiger partial charge in [-0.05, 0) is 39.0 Å². The Balaban J connectivity index is 3.89. The van der Waals surface area contributed by atoms with Crippen LogP contribution < -0.4 is 4.90 Å². The molecule has 1 aromatic heterocycles. The Bertz CT molecular complexity index is 604. The summed E-state index contributed by atoms with van der Waals surface area (Å²) in [5.74, 6) is -0.155. The van der Waals surface area contributed by atoms with Crippen molar-refractivity contribution in [1.82, 2.24) is 10.2 Å². The molecule has 1 rings (SSSR count). The molecule has 0 saturated carbocycles. The Hall–Kier alpha value is -1.45. The number of nitrogens with zero attached hydrogens (tertiary/aromatic N) is 3. The Morgan fingerprint density at radius 2 is 1.32 bits per heavy atom. The van der Waals surface area contributed by atoms with Gasteiger partial charge in [0.15, 0.2) is 5.82 Å². The molecule has 0 aliphatic carbocycles. The summed E-state index contributed by atoms with van der Waals surface area (Å²) in [6, 6.07) is 0. The largest absolute Gasteiger partial charge is 0.464 e. The fourth-order valence-electron chi connectivity index (χ4n) is 2.22. The number of aromatic nitrogens is 2. The number of hydrogen-bond acceptors (Lipinski definition) is 4. The number of carboxylic acid groups (broad SMARTS) is 2. The van der Waals surface area contributed by atoms with Crippen LogP contribution >= 0.6 is 22.6 Å². The standard InChI is InChI=1S/C14H20IN3O4/c1-13(2,3)7-8(14(4,5)6)10(17-16-9(7)15)18(11(19)20)12(21)22/h1-6H3,(H,19,20)(H,21,22). The molecule has 0 atom stereocenters. The van der Waals surface area contributed by atoms with Gasteiger partial charge in [-0.25, -0.2) is 9.59 Å². The predicted molar refractivity (Wildman–Crippen MR) is 90.7 cm³/mol. The molecular weight excluding hydrogens is 401 g/mol. The molecule has 2 amide bonds. The number of hydrogen-bond donors (Lipinski definition) is 2. The highest BCUT2D eigenvalue weighted by atomic mass is 127. The van der Waals surface area contributed by atoms with Crippen molar-refractivity contribution in [2.24, 2.45) is 0 Å². The third-order valence-corrected chi connectivity index (χ3v) is 3.76. The first-order chi connectivity index (χ1) is 9.78. The summed E-state index contributed by atoms with van der Waals surface area (Å²) in [5.41, 5.74) is 0.533. The summed E-state index contributed by atoms with van der Waals surface area (Å²) in [4.78, 5) is 22.9. The lowest BCUT2D eigenvalue weighted by Crippen LogP contribution is -2.39. The van der Waals surface area contributed by atoms with Crippen LogP contribution in [0, 0.1) is 3.70 Å². The molecule has 1 heterocycles. The van der Waals surface area contributed by atoms with E-state index in [0.717, 1.165) is 5.56 Å². The van der Waals surface area contributed by atoms with Crippen molar-refractivity contribution in [3.63, 3.8) is 0 Å². The van der Waals surface area contributed by atoms with E-state index in [9.17, 15) is 19.8 Å². The Morgan fingerprint density at radius 1 is 0.909 bits per heavy atom. The summed E-state index contributed by atoms with van der Waals surface area (Å²) in [7, 11) is 0. The molecule has 0 radical (unpaired) electrons. The predicted octanol–water partition coefficient (Wildman–Crippen LogP) is 3.84. The van der Waals surface area contributed by atoms with E-state index in [0.29, 0.717) is 9.26 Å². The maximum Gasteiger partial charge on any atom is 0.422 e. The third kappa shape index (κ3) is 3.65. The van der Waals surface area contributed by atoms with Crippen molar-refractivity contribution in [2.45, 2.75) is 52.4 Å². The van der Waals surface area contributed by atoms with Gasteiger partial charge in [0.05, 0.1) is 0 Å². The van der Waals surface area contributed by atoms with Crippen LogP contribution in [-0.4, -0.2) is 32.6 Å². The van der Waals surface area contributed by atoms with Crippen molar-refractivity contribution in [1.29, 1.82) is 0 Å². The molecule has 0 aliphatic rings. The van der Waals surface area contributed by atoms with Gasteiger partial charge in [-0.1, -0.05) is 41.5 Å². The van der Waals surface area contributed by atoms with Gasteiger partial charge in [-0.2, -0.15) is 4.90 Å². The second-order valence-corrected chi connectivity index (χ2v) is 7.99. The van der Waals surface area contributed by atoms with Gasteiger partial charge < -0.3 is 10.2 Å². The zero-order valence-electron chi connectivity index (χ0n) is 13.4. The van der Waals surface area contributed by atoms with Crippen LogP contribution in [-0.2, 0) is 10.8 Å². The number of carbonyl (C=O) groups is 2. The molecule has 1 aromatic rings. The van der Waals surface area contributed by atoms with Crippen LogP contribution in [0.15, 0.2) is 0 Å². The van der Waals surface area contributed by atoms with Crippen LogP contribution in [0.1, 0.15) is 52.7 Å². The molecule has 7 nitrogen and oxygen atoms in total. The summed E-state index contributed by atoms with van der Waals surface area (Å²) >= 11 is 2.04. The SMILES string of the molecule is CC(C)(C)c1c(I)nnc(N(C(=O)O)C(=O)O)c1C(C)(C)C. The van der Waals surface area contributed by atoms with Crippen molar-refractivity contribution in [3.05, 3.63) is 14.8 Å². The Morgan fingerprint density at radius 3 is 1.64 bits per heavy atom. The highest BCUT2D eigenvalue weighted by molar-refractivity contribution is 14.1. The highest BCUT2D eigenvalue weighted by Gasteiger charge is 2.37. The summed E-state index contributed by atoms with van der Waals surface area (Å²) in [6.45, 7) is 11.6. The van der Waals surface area contributed by atoms with E-state index in [-0.39, 0.29) is 16.1 Å². The summed E-state index contributed by atoms with van der Waals surface area (Å²) < 4.78 is 0.634. The van der Waals surface area contributed by atoms with Crippen molar-refractivity contribution >= 4 is 40.6 Å². The van der Waals surface area contributed by atoms with E-state index in [2.05, 4.69) is 10.2 Å². The van der Waals surface area contributed by atoms with Gasteiger partial charge in [0.2, 0.25) is 0 Å². The van der Waals surface area contributed by atoms with Gasteiger partial charge in [0.1, 0.15) is 3.70 Å². The molecule has 0 unspecified atom stereocenters. The first-order valence-electron chi connectivity index (χ1n) is 6.61. The lowest BCUT2D eigenvalue weighted by molar-refractivity contribution is 0.183. The Labute approximate surface area is 142 Å². The maximum absolute atomic E-state index is 11.3. The fourth-order valence-corrected chi connectivity index (χ4v) is 3.41. The van der Waals surface area contributed by atoms with Crippen molar-refractivity contribution in [3.8, 4) is 0 Å². The minimum absolute atomic E-state index is 0.155. The zero-order chi connectivity index (χ0) is 17.5. The molecule has 0 aromatic carbocycles. The minimum Gasteiger partial charge on any atom is -0.464 e. The molecule has 0 aliphatic heterocycles. The molecule has 122 valence electrons. The van der Waals surface area contributed by atoms with E-state index >= 15 is 0 Å². The van der Waals surface area contributed by atoms with Gasteiger partial charge in [0, 0.05) is 5.56 Å². The number of anilines is 1. The lowest BCUT2D eigenvalue weighted by atomic mass is 9.76. The number of rotatable bonds is 1. The zero-order valence-corrected chi connectivity index (χ0v) is 15.6. The highest BCUT2D eigenvalue weighted by Crippen LogP contribution is 2.40. The molecule has 2 N–H and O–H groups in total. The molecule has 0 spiro atoms. The van der Waals surface area contributed by atoms with Crippen LogP contribution in [0.2, 0.25) is 0 Å². The van der Waals surface area contributed by atoms with E-state index in [4.69, 9.17) is 0 Å². The molecule has 0 bridgehead atoms. The van der Waals surface area contributed by atoms with Gasteiger partial charge >= 0.3 is 12.2 Å². The molecule has 0 saturated heterocycles. The molecule has 8 heteroatoms. The van der Waals surface area contributed by atoms with Crippen molar-refractivity contribution in [2.75, 3.05) is 4.90 Å². The molecular formula is C14H20IN3O4. The number of halogens is 1. The van der Waals surface area contributed by atoms with Gasteiger partial charge in [-0.15, -0.1) is 10.2 Å². The summed E-state index contributed by atoms with van der Waals surface area (Å²) in [6.07, 6.45) is -3.21. The second kappa shape index (κ2) is 5.98. The van der Waals surface area contributed by atoms with Gasteiger partial charge in [0.25, 0.3) is 0 Å². The van der Waals surface area contributed by atoms with E-state index in [1.807, 2.05) is 64.1 Å². The van der Waals surface area contributed by atoms with Crippen LogP contribution in [0.25, 0.3) is 0 Å². The number of imide groups is 1. The average molecular weight is 421 g/mol. The first kappa shape index (κ1) is 18.6. The quantitative estimate of drug-likeness (QED) is 0.668. The fraction of sp³-hybridized carbons (Fsp3) is 0.571. The van der Waals surface area contributed by atoms with Crippen LogP contribution in [0.4, 0.5) is 15.4 Å². The van der Waals surface area contributed by atoms with E-state index < -0.39 is 17.6 Å². The lowest BCUT2D eigenvalue weighted by Gasteiger charge is -2.32. The van der Waals surface area contributed by atoms with E-state index in [1.165, 1.54) is 0 Å². The topological polar surface area (TPSA) is 104 Å². The number of amides is 2. The monoisotopic (exact) mass is 421 g/mol. The van der Waals surface area contributed by atoms with Gasteiger partial charge in [-0.3, -0.25) is 0 Å². The average Bonchev–Trinajstić information content (AvgIpc) is 2.26. The molecule has 22 heavy (non-hydrogen) atoms. The van der Waals surface area contributed by atoms with Crippen LogP contribution in [0.3, 0.4) is 0 Å². The maximum atomic E-state index is 11.3. The smallest absolute Gasteiger partial charge is 0.422 e. The van der Waals surface area contributed by atoms with Crippen LogP contribution in [0.5, 0.6) is 0 Å². The summed E-state index contributed by atoms with van der Waals surface area (Å²) in [5, 5.41) is 26.3. The molecule has 0 fully saturated rings. The normalized spacial score (nSPS) is 12.1. The second-order valence-electron chi connectivity index (χ2n) is 6.96. The first-order valence-corrected chi connectivity index (χ1v) is 7.69. The van der Waals surface area contributed by atoms with Crippen molar-refractivity contribution < 1.29 is 19.8 Å².